The molecule has 1 rings (SSSR count). The average molecular weight is 312 g/mol. The van der Waals surface area contributed by atoms with Crippen molar-refractivity contribution in [2.24, 2.45) is 0 Å². The van der Waals surface area contributed by atoms with Crippen molar-refractivity contribution in [2.75, 3.05) is 0 Å². The quantitative estimate of drug-likeness (QED) is 0.717. The van der Waals surface area contributed by atoms with Crippen LogP contribution in [-0.4, -0.2) is 5.11 Å². The normalized spacial score (nSPS) is 3.60. The van der Waals surface area contributed by atoms with Crippen LogP contribution < -0.4 is 0 Å². The van der Waals surface area contributed by atoms with E-state index < -0.39 is 0 Å². The molecular formula is C12H12FeN6O. The van der Waals surface area contributed by atoms with Crippen LogP contribution in [0.4, 0.5) is 0 Å². The molecule has 0 unspecified atom stereocenters. The van der Waals surface area contributed by atoms with E-state index in [2.05, 4.69) is 39.4 Å². The summed E-state index contributed by atoms with van der Waals surface area (Å²) in [4.78, 5) is 0. The maximum absolute atomic E-state index is 8.63. The molecule has 0 heterocycles. The number of aromatic hydroxyl groups is 1. The van der Waals surface area contributed by atoms with Gasteiger partial charge >= 0.3 is 0 Å². The summed E-state index contributed by atoms with van der Waals surface area (Å²) < 4.78 is 0. The molecule has 1 aromatic carbocycles. The van der Waals surface area contributed by atoms with E-state index in [0.29, 0.717) is 5.75 Å². The Labute approximate surface area is 129 Å². The summed E-state index contributed by atoms with van der Waals surface area (Å²) in [6.45, 7) is 21.0. The maximum atomic E-state index is 8.63. The molecule has 0 spiro atoms. The number of hydrogen-bond donors (Lipinski definition) is 1. The Hall–Kier alpha value is -3.52. The van der Waals surface area contributed by atoms with E-state index in [1.807, 2.05) is 6.07 Å². The van der Waals surface area contributed by atoms with E-state index in [0.717, 1.165) is 0 Å². The molecule has 0 fully saturated rings. The molecule has 0 bridgehead atoms. The largest absolute Gasteiger partial charge is 0.508 e. The molecule has 0 saturated carbocycles. The van der Waals surface area contributed by atoms with Crippen LogP contribution in [0.2, 0.25) is 0 Å². The number of benzene rings is 1. The molecule has 0 radical (unpaired) electrons. The van der Waals surface area contributed by atoms with Crippen LogP contribution in [0.1, 0.15) is 0 Å². The van der Waals surface area contributed by atoms with Crippen molar-refractivity contribution in [3.8, 4) is 45.2 Å². The molecule has 0 saturated heterocycles. The summed E-state index contributed by atoms with van der Waals surface area (Å²) in [5, 5.41) is 47.6. The maximum Gasteiger partial charge on any atom is 0.115 e. The van der Waals surface area contributed by atoms with E-state index in [4.69, 9.17) is 36.7 Å². The average Bonchev–Trinajstić information content (AvgIpc) is 2.59. The smallest absolute Gasteiger partial charge is 0.115 e. The summed E-state index contributed by atoms with van der Waals surface area (Å²) in [7, 11) is 0. The number of rotatable bonds is 0. The van der Waals surface area contributed by atoms with Gasteiger partial charge in [-0.15, -0.1) is 0 Å². The third-order valence-corrected chi connectivity index (χ3v) is 0.756. The first-order valence-electron chi connectivity index (χ1n) is 3.68. The molecule has 0 atom stereocenters. The van der Waals surface area contributed by atoms with Crippen LogP contribution in [0.3, 0.4) is 0 Å². The van der Waals surface area contributed by atoms with Gasteiger partial charge < -0.3 is 5.11 Å². The van der Waals surface area contributed by atoms with Gasteiger partial charge in [0.1, 0.15) is 5.75 Å². The minimum atomic E-state index is 0. The number of phenolic OH excluding ortho intramolecular Hbond substituents is 1. The van der Waals surface area contributed by atoms with E-state index in [9.17, 15) is 0 Å². The Morgan fingerprint density at radius 3 is 0.850 bits per heavy atom. The Morgan fingerprint density at radius 2 is 0.750 bits per heavy atom. The molecule has 0 amide bonds. The fraction of sp³-hybridized carbons (Fsp3) is 0. The molecule has 1 N–H and O–H groups in total. The molecule has 8 heteroatoms. The zero-order chi connectivity index (χ0) is 17.1. The van der Waals surface area contributed by atoms with Gasteiger partial charge in [0, 0.05) is 56.5 Å². The predicted octanol–water partition coefficient (Wildman–Crippen LogP) is 2.23. The Morgan fingerprint density at radius 1 is 0.550 bits per heavy atom. The monoisotopic (exact) mass is 312 g/mol. The number of para-hydroxylation sites is 1. The summed E-state index contributed by atoms with van der Waals surface area (Å²) in [5.41, 5.74) is 0. The molecule has 0 aliphatic carbocycles. The third kappa shape index (κ3) is 131. The van der Waals surface area contributed by atoms with Gasteiger partial charge in [-0.25, -0.2) is 31.6 Å². The first-order chi connectivity index (χ1) is 9.39. The van der Waals surface area contributed by atoms with Crippen LogP contribution in [0.5, 0.6) is 5.75 Å². The molecule has 0 aliphatic heterocycles. The van der Waals surface area contributed by atoms with Gasteiger partial charge in [0.2, 0.25) is 0 Å². The predicted molar refractivity (Wildman–Crippen MR) is 68.1 cm³/mol. The summed E-state index contributed by atoms with van der Waals surface area (Å²) in [6, 6.07) is 8.71. The first kappa shape index (κ1) is 43.9. The van der Waals surface area contributed by atoms with E-state index >= 15 is 0 Å². The number of hydrogen-bond acceptors (Lipinski definition) is 7. The second-order valence-corrected chi connectivity index (χ2v) is 1.34. The van der Waals surface area contributed by atoms with Crippen molar-refractivity contribution < 1.29 is 22.2 Å². The van der Waals surface area contributed by atoms with Gasteiger partial charge in [-0.3, -0.25) is 0 Å². The van der Waals surface area contributed by atoms with Crippen molar-refractivity contribution in [1.82, 2.24) is 0 Å². The van der Waals surface area contributed by atoms with Crippen LogP contribution in [0, 0.1) is 71.0 Å². The first-order valence-corrected chi connectivity index (χ1v) is 3.68. The molecule has 7 nitrogen and oxygen atoms in total. The molecule has 0 aliphatic rings. The fourth-order valence-electron chi connectivity index (χ4n) is 0.428. The van der Waals surface area contributed by atoms with Gasteiger partial charge in [0.05, 0.1) is 0 Å². The second-order valence-electron chi connectivity index (χ2n) is 1.34. The van der Waals surface area contributed by atoms with Crippen molar-refractivity contribution in [3.63, 3.8) is 0 Å². The molecule has 104 valence electrons. The Bertz CT molecular complexity index is 306. The molecular weight excluding hydrogens is 300 g/mol. The summed E-state index contributed by atoms with van der Waals surface area (Å²) >= 11 is 0. The number of nitriles is 6. The topological polar surface area (TPSA) is 163 Å². The van der Waals surface area contributed by atoms with Crippen LogP contribution in [0.25, 0.3) is 0 Å². The summed E-state index contributed by atoms with van der Waals surface area (Å²) in [6.07, 6.45) is 0. The minimum absolute atomic E-state index is 0. The van der Waals surface area contributed by atoms with E-state index in [1.165, 1.54) is 0 Å². The fourth-order valence-corrected chi connectivity index (χ4v) is 0.428. The van der Waals surface area contributed by atoms with Crippen LogP contribution in [0.15, 0.2) is 30.3 Å². The minimum Gasteiger partial charge on any atom is -0.508 e. The second kappa shape index (κ2) is 162. The van der Waals surface area contributed by atoms with Gasteiger partial charge in [-0.2, -0.15) is 0 Å². The van der Waals surface area contributed by atoms with E-state index in [1.54, 1.807) is 24.3 Å². The standard InChI is InChI=1S/C6H6O.6CHN.Fe/c7-6-4-2-1-3-5-6;6*1-2;/h1-5,7H;6*1H;. The molecule has 0 aromatic heterocycles. The van der Waals surface area contributed by atoms with Crippen LogP contribution >= 0.6 is 0 Å². The van der Waals surface area contributed by atoms with Crippen molar-refractivity contribution in [3.05, 3.63) is 30.3 Å². The van der Waals surface area contributed by atoms with Gasteiger partial charge in [-0.1, -0.05) is 18.2 Å². The van der Waals surface area contributed by atoms with Crippen molar-refractivity contribution in [1.29, 1.82) is 31.6 Å². The van der Waals surface area contributed by atoms with Crippen molar-refractivity contribution in [2.45, 2.75) is 0 Å². The van der Waals surface area contributed by atoms with Crippen LogP contribution in [-0.2, 0) is 17.1 Å². The zero-order valence-corrected chi connectivity index (χ0v) is 11.4. The third-order valence-electron chi connectivity index (χ3n) is 0.756. The zero-order valence-electron chi connectivity index (χ0n) is 10.3. The Balaban J connectivity index is -0.0000000227. The SMILES string of the molecule is C#N.C#N.C#N.C#N.C#N.C#N.Oc1ccccc1.[Fe]. The summed E-state index contributed by atoms with van der Waals surface area (Å²) in [5.74, 6) is 0.322. The number of phenols is 1. The van der Waals surface area contributed by atoms with Gasteiger partial charge in [-0.05, 0) is 12.1 Å². The number of nitrogens with zero attached hydrogens (tertiary/aromatic N) is 6. The Kier molecular flexibility index (Phi) is 355. The molecule has 1 aromatic rings. The van der Waals surface area contributed by atoms with Gasteiger partial charge in [0.25, 0.3) is 0 Å². The van der Waals surface area contributed by atoms with Crippen molar-refractivity contribution >= 4 is 0 Å². The molecule has 20 heavy (non-hydrogen) atoms. The van der Waals surface area contributed by atoms with Gasteiger partial charge in [0.15, 0.2) is 0 Å². The van der Waals surface area contributed by atoms with E-state index in [-0.39, 0.29) is 17.1 Å².